The number of benzene rings is 2. The van der Waals surface area contributed by atoms with Crippen LogP contribution in [0.15, 0.2) is 42.5 Å². The Morgan fingerprint density at radius 1 is 1.10 bits per heavy atom. The maximum atomic E-state index is 13.5. The van der Waals surface area contributed by atoms with Gasteiger partial charge in [0.25, 0.3) is 0 Å². The van der Waals surface area contributed by atoms with Crippen LogP contribution in [-0.4, -0.2) is 11.9 Å². The molecule has 0 aliphatic rings. The minimum Gasteiger partial charge on any atom is -0.490 e. The monoisotopic (exact) mass is 292 g/mol. The molecule has 104 valence electrons. The van der Waals surface area contributed by atoms with Crippen LogP contribution in [0.3, 0.4) is 0 Å². The molecule has 2 aromatic carbocycles. The minimum absolute atomic E-state index is 0.0630. The summed E-state index contributed by atoms with van der Waals surface area (Å²) in [6, 6.07) is 11.0. The van der Waals surface area contributed by atoms with E-state index in [-0.39, 0.29) is 22.5 Å². The van der Waals surface area contributed by atoms with Crippen LogP contribution in [0.5, 0.6) is 5.75 Å². The quantitative estimate of drug-likeness (QED) is 0.776. The first-order chi connectivity index (χ1) is 9.50. The smallest absolute Gasteiger partial charge is 0.198 e. The van der Waals surface area contributed by atoms with Crippen LogP contribution < -0.4 is 4.74 Å². The molecule has 0 atom stereocenters. The number of halogens is 2. The lowest BCUT2D eigenvalue weighted by Crippen LogP contribution is -2.11. The summed E-state index contributed by atoms with van der Waals surface area (Å²) in [6.45, 7) is 3.74. The first kappa shape index (κ1) is 14.5. The summed E-state index contributed by atoms with van der Waals surface area (Å²) in [7, 11) is 0. The number of hydrogen-bond donors (Lipinski definition) is 0. The van der Waals surface area contributed by atoms with E-state index in [0.717, 1.165) is 0 Å². The molecule has 4 heteroatoms. The van der Waals surface area contributed by atoms with Gasteiger partial charge >= 0.3 is 0 Å². The molecular weight excluding hydrogens is 279 g/mol. The summed E-state index contributed by atoms with van der Waals surface area (Å²) < 4.78 is 19.1. The third-order valence-corrected chi connectivity index (χ3v) is 3.07. The standard InChI is InChI=1S/C16H14ClFO2/c1-10(2)20-14-9-4-3-6-11(14)16(19)12-7-5-8-13(18)15(12)17/h3-10H,1-2H3. The highest BCUT2D eigenvalue weighted by Gasteiger charge is 2.19. The predicted molar refractivity (Wildman–Crippen MR) is 77.0 cm³/mol. The molecule has 0 bridgehead atoms. The molecular formula is C16H14ClFO2. The van der Waals surface area contributed by atoms with Gasteiger partial charge < -0.3 is 4.74 Å². The van der Waals surface area contributed by atoms with Gasteiger partial charge in [0, 0.05) is 5.56 Å². The second-order valence-electron chi connectivity index (χ2n) is 4.59. The maximum absolute atomic E-state index is 13.5. The van der Waals surface area contributed by atoms with E-state index in [1.54, 1.807) is 24.3 Å². The van der Waals surface area contributed by atoms with Crippen LogP contribution in [0.2, 0.25) is 5.02 Å². The minimum atomic E-state index is -0.611. The van der Waals surface area contributed by atoms with Crippen molar-refractivity contribution in [1.82, 2.24) is 0 Å². The zero-order valence-electron chi connectivity index (χ0n) is 11.2. The van der Waals surface area contributed by atoms with Gasteiger partial charge in [-0.1, -0.05) is 29.8 Å². The lowest BCUT2D eigenvalue weighted by atomic mass is 10.0. The molecule has 0 aromatic heterocycles. The fraction of sp³-hybridized carbons (Fsp3) is 0.188. The third kappa shape index (κ3) is 2.99. The average Bonchev–Trinajstić information content (AvgIpc) is 2.41. The SMILES string of the molecule is CC(C)Oc1ccccc1C(=O)c1cccc(F)c1Cl. The van der Waals surface area contributed by atoms with E-state index in [9.17, 15) is 9.18 Å². The normalized spacial score (nSPS) is 10.7. The van der Waals surface area contributed by atoms with Gasteiger partial charge in [0.15, 0.2) is 5.78 Å². The Morgan fingerprint density at radius 3 is 2.45 bits per heavy atom. The fourth-order valence-corrected chi connectivity index (χ4v) is 2.05. The van der Waals surface area contributed by atoms with Crippen molar-refractivity contribution in [3.63, 3.8) is 0 Å². The van der Waals surface area contributed by atoms with Gasteiger partial charge in [0.05, 0.1) is 16.7 Å². The van der Waals surface area contributed by atoms with Gasteiger partial charge in [-0.15, -0.1) is 0 Å². The second-order valence-corrected chi connectivity index (χ2v) is 4.97. The summed E-state index contributed by atoms with van der Waals surface area (Å²) in [5.74, 6) is -0.502. The van der Waals surface area contributed by atoms with E-state index in [1.165, 1.54) is 18.2 Å². The molecule has 0 fully saturated rings. The molecule has 2 aromatic rings. The van der Waals surface area contributed by atoms with Gasteiger partial charge in [-0.05, 0) is 38.1 Å². The molecule has 2 nitrogen and oxygen atoms in total. The summed E-state index contributed by atoms with van der Waals surface area (Å²) >= 11 is 5.86. The first-order valence-corrected chi connectivity index (χ1v) is 6.63. The molecule has 20 heavy (non-hydrogen) atoms. The van der Waals surface area contributed by atoms with Crippen LogP contribution in [0.4, 0.5) is 4.39 Å². The Balaban J connectivity index is 2.46. The predicted octanol–water partition coefficient (Wildman–Crippen LogP) is 4.50. The number of carbonyl (C=O) groups excluding carboxylic acids is 1. The van der Waals surface area contributed by atoms with Crippen molar-refractivity contribution in [2.24, 2.45) is 0 Å². The van der Waals surface area contributed by atoms with Crippen LogP contribution in [0.1, 0.15) is 29.8 Å². The molecule has 0 N–H and O–H groups in total. The number of rotatable bonds is 4. The summed E-state index contributed by atoms with van der Waals surface area (Å²) in [5.41, 5.74) is 0.500. The molecule has 0 unspecified atom stereocenters. The lowest BCUT2D eigenvalue weighted by molar-refractivity contribution is 0.103. The van der Waals surface area contributed by atoms with Crippen molar-refractivity contribution >= 4 is 17.4 Å². The Labute approximate surface area is 122 Å². The highest BCUT2D eigenvalue weighted by atomic mass is 35.5. The summed E-state index contributed by atoms with van der Waals surface area (Å²) in [5, 5.41) is -0.170. The Hall–Kier alpha value is -1.87. The molecule has 0 radical (unpaired) electrons. The third-order valence-electron chi connectivity index (χ3n) is 2.69. The van der Waals surface area contributed by atoms with E-state index in [4.69, 9.17) is 16.3 Å². The van der Waals surface area contributed by atoms with Crippen LogP contribution in [0.25, 0.3) is 0 Å². The van der Waals surface area contributed by atoms with Crippen molar-refractivity contribution in [2.75, 3.05) is 0 Å². The van der Waals surface area contributed by atoms with Crippen molar-refractivity contribution in [3.8, 4) is 5.75 Å². The number of ether oxygens (including phenoxy) is 1. The Morgan fingerprint density at radius 2 is 1.75 bits per heavy atom. The molecule has 0 saturated carbocycles. The Kier molecular flexibility index (Phi) is 4.40. The molecule has 0 heterocycles. The van der Waals surface area contributed by atoms with Gasteiger partial charge in [-0.3, -0.25) is 4.79 Å². The number of ketones is 1. The van der Waals surface area contributed by atoms with Crippen molar-refractivity contribution in [1.29, 1.82) is 0 Å². The highest BCUT2D eigenvalue weighted by Crippen LogP contribution is 2.27. The molecule has 0 amide bonds. The van der Waals surface area contributed by atoms with E-state index >= 15 is 0 Å². The average molecular weight is 293 g/mol. The van der Waals surface area contributed by atoms with Crippen LogP contribution >= 0.6 is 11.6 Å². The lowest BCUT2D eigenvalue weighted by Gasteiger charge is -2.14. The van der Waals surface area contributed by atoms with Crippen LogP contribution in [0, 0.1) is 5.82 Å². The zero-order valence-corrected chi connectivity index (χ0v) is 11.9. The van der Waals surface area contributed by atoms with Crippen molar-refractivity contribution in [2.45, 2.75) is 20.0 Å². The molecule has 0 aliphatic heterocycles. The van der Waals surface area contributed by atoms with Gasteiger partial charge in [-0.25, -0.2) is 4.39 Å². The fourth-order valence-electron chi connectivity index (χ4n) is 1.84. The largest absolute Gasteiger partial charge is 0.490 e. The highest BCUT2D eigenvalue weighted by molar-refractivity contribution is 6.35. The topological polar surface area (TPSA) is 26.3 Å². The molecule has 0 spiro atoms. The van der Waals surface area contributed by atoms with Gasteiger partial charge in [-0.2, -0.15) is 0 Å². The number of para-hydroxylation sites is 1. The van der Waals surface area contributed by atoms with E-state index in [0.29, 0.717) is 11.3 Å². The maximum Gasteiger partial charge on any atom is 0.198 e. The van der Waals surface area contributed by atoms with E-state index in [2.05, 4.69) is 0 Å². The van der Waals surface area contributed by atoms with Crippen molar-refractivity contribution < 1.29 is 13.9 Å². The van der Waals surface area contributed by atoms with Crippen molar-refractivity contribution in [3.05, 3.63) is 64.4 Å². The van der Waals surface area contributed by atoms with E-state index < -0.39 is 5.82 Å². The van der Waals surface area contributed by atoms with Gasteiger partial charge in [0.2, 0.25) is 0 Å². The summed E-state index contributed by atoms with van der Waals surface area (Å²) in [4.78, 5) is 12.5. The first-order valence-electron chi connectivity index (χ1n) is 6.25. The van der Waals surface area contributed by atoms with Gasteiger partial charge in [0.1, 0.15) is 11.6 Å². The molecule has 2 rings (SSSR count). The number of hydrogen-bond acceptors (Lipinski definition) is 2. The number of carbonyl (C=O) groups is 1. The molecule has 0 saturated heterocycles. The molecule has 0 aliphatic carbocycles. The van der Waals surface area contributed by atoms with Crippen LogP contribution in [-0.2, 0) is 0 Å². The Bertz CT molecular complexity index is 638. The summed E-state index contributed by atoms with van der Waals surface area (Å²) in [6.07, 6.45) is -0.0630. The zero-order chi connectivity index (χ0) is 14.7. The second kappa shape index (κ2) is 6.06. The van der Waals surface area contributed by atoms with E-state index in [1.807, 2.05) is 13.8 Å².